The normalized spacial score (nSPS) is 12.3. The summed E-state index contributed by atoms with van der Waals surface area (Å²) in [6, 6.07) is 20.0. The zero-order chi connectivity index (χ0) is 16.1. The van der Waals surface area contributed by atoms with E-state index >= 15 is 0 Å². The molecule has 23 heavy (non-hydrogen) atoms. The van der Waals surface area contributed by atoms with Crippen LogP contribution < -0.4 is 4.90 Å². The Bertz CT molecular complexity index is 789. The van der Waals surface area contributed by atoms with Gasteiger partial charge in [0.1, 0.15) is 0 Å². The number of carbonyl (C=O) groups is 1. The van der Waals surface area contributed by atoms with E-state index in [1.165, 1.54) is 5.39 Å². The molecule has 1 aromatic heterocycles. The van der Waals surface area contributed by atoms with Gasteiger partial charge in [-0.05, 0) is 23.8 Å². The Balaban J connectivity index is 0.000000140. The third-order valence-corrected chi connectivity index (χ3v) is 3.71. The van der Waals surface area contributed by atoms with Crippen molar-refractivity contribution in [1.82, 2.24) is 4.98 Å². The number of para-hydroxylation sites is 2. The molecule has 114 valence electrons. The van der Waals surface area contributed by atoms with Crippen molar-refractivity contribution in [3.63, 3.8) is 0 Å². The van der Waals surface area contributed by atoms with Crippen LogP contribution in [0.15, 0.2) is 72.9 Å². The highest BCUT2D eigenvalue weighted by atomic mass is 16.2. The molecule has 1 aliphatic rings. The highest BCUT2D eigenvalue weighted by Gasteiger charge is 2.14. The second-order valence-corrected chi connectivity index (χ2v) is 5.29. The van der Waals surface area contributed by atoms with Crippen molar-refractivity contribution in [2.24, 2.45) is 0 Å². The predicted octanol–water partition coefficient (Wildman–Crippen LogP) is 4.30. The summed E-state index contributed by atoms with van der Waals surface area (Å²) >= 11 is 0. The van der Waals surface area contributed by atoms with E-state index in [0.29, 0.717) is 6.54 Å². The molecule has 0 aliphatic carbocycles. The first-order chi connectivity index (χ1) is 11.3. The van der Waals surface area contributed by atoms with Crippen LogP contribution in [0.5, 0.6) is 0 Å². The molecule has 3 nitrogen and oxygen atoms in total. The van der Waals surface area contributed by atoms with Crippen molar-refractivity contribution in [3.05, 3.63) is 78.5 Å². The summed E-state index contributed by atoms with van der Waals surface area (Å²) in [5.41, 5.74) is 3.19. The zero-order valence-electron chi connectivity index (χ0n) is 13.0. The van der Waals surface area contributed by atoms with Crippen LogP contribution in [-0.2, 0) is 4.79 Å². The van der Waals surface area contributed by atoms with Crippen molar-refractivity contribution in [3.8, 4) is 0 Å². The predicted molar refractivity (Wildman–Crippen MR) is 95.2 cm³/mol. The molecule has 0 unspecified atom stereocenters. The van der Waals surface area contributed by atoms with E-state index in [0.717, 1.165) is 16.8 Å². The molecular formula is C20H18N2O. The van der Waals surface area contributed by atoms with Crippen LogP contribution in [0.3, 0.4) is 0 Å². The Morgan fingerprint density at radius 1 is 1.00 bits per heavy atom. The third kappa shape index (κ3) is 3.46. The summed E-state index contributed by atoms with van der Waals surface area (Å²) in [6.45, 7) is 2.28. The molecule has 2 heterocycles. The molecule has 0 bridgehead atoms. The molecule has 0 saturated heterocycles. The number of benzene rings is 2. The van der Waals surface area contributed by atoms with Gasteiger partial charge in [0.05, 0.1) is 11.2 Å². The molecule has 0 fully saturated rings. The van der Waals surface area contributed by atoms with Gasteiger partial charge in [0.2, 0.25) is 5.91 Å². The smallest absolute Gasteiger partial charge is 0.224 e. The van der Waals surface area contributed by atoms with Crippen LogP contribution in [0, 0.1) is 0 Å². The minimum Gasteiger partial charge on any atom is -0.308 e. The molecule has 0 saturated carbocycles. The summed E-state index contributed by atoms with van der Waals surface area (Å²) in [6.07, 6.45) is 5.86. The molecule has 3 aromatic rings. The number of rotatable bonds is 0. The van der Waals surface area contributed by atoms with E-state index in [4.69, 9.17) is 0 Å². The van der Waals surface area contributed by atoms with Crippen LogP contribution in [0.25, 0.3) is 17.0 Å². The van der Waals surface area contributed by atoms with Crippen molar-refractivity contribution >= 4 is 28.6 Å². The van der Waals surface area contributed by atoms with Gasteiger partial charge in [0.25, 0.3) is 0 Å². The lowest BCUT2D eigenvalue weighted by Crippen LogP contribution is -2.30. The first kappa shape index (κ1) is 15.0. The van der Waals surface area contributed by atoms with Crippen LogP contribution in [0.4, 0.5) is 5.69 Å². The van der Waals surface area contributed by atoms with Gasteiger partial charge in [-0.1, -0.05) is 54.6 Å². The van der Waals surface area contributed by atoms with Gasteiger partial charge in [-0.2, -0.15) is 0 Å². The van der Waals surface area contributed by atoms with Crippen molar-refractivity contribution in [2.75, 3.05) is 11.4 Å². The average Bonchev–Trinajstić information content (AvgIpc) is 2.62. The van der Waals surface area contributed by atoms with Crippen molar-refractivity contribution in [2.45, 2.75) is 6.92 Å². The molecule has 0 N–H and O–H groups in total. The topological polar surface area (TPSA) is 33.2 Å². The lowest BCUT2D eigenvalue weighted by molar-refractivity contribution is -0.116. The Hall–Kier alpha value is -2.94. The fraction of sp³-hybridized carbons (Fsp3) is 0.100. The average molecular weight is 302 g/mol. The van der Waals surface area contributed by atoms with Crippen LogP contribution in [0.2, 0.25) is 0 Å². The highest BCUT2D eigenvalue weighted by Crippen LogP contribution is 2.25. The van der Waals surface area contributed by atoms with E-state index in [9.17, 15) is 4.79 Å². The van der Waals surface area contributed by atoms with Crippen LogP contribution in [0.1, 0.15) is 12.5 Å². The van der Waals surface area contributed by atoms with Gasteiger partial charge >= 0.3 is 0 Å². The number of nitrogens with zero attached hydrogens (tertiary/aromatic N) is 2. The lowest BCUT2D eigenvalue weighted by Gasteiger charge is -2.24. The van der Waals surface area contributed by atoms with E-state index in [-0.39, 0.29) is 5.91 Å². The molecular weight excluding hydrogens is 284 g/mol. The number of anilines is 1. The van der Waals surface area contributed by atoms with Gasteiger partial charge < -0.3 is 4.90 Å². The third-order valence-electron chi connectivity index (χ3n) is 3.71. The lowest BCUT2D eigenvalue weighted by atomic mass is 10.1. The van der Waals surface area contributed by atoms with Crippen molar-refractivity contribution in [1.29, 1.82) is 0 Å². The maximum absolute atomic E-state index is 11.3. The summed E-state index contributed by atoms with van der Waals surface area (Å²) in [7, 11) is 0. The van der Waals surface area contributed by atoms with Crippen LogP contribution in [-0.4, -0.2) is 17.4 Å². The highest BCUT2D eigenvalue weighted by molar-refractivity contribution is 5.95. The van der Waals surface area contributed by atoms with E-state index in [2.05, 4.69) is 23.2 Å². The summed E-state index contributed by atoms with van der Waals surface area (Å²) in [5, 5.41) is 1.20. The number of hydrogen-bond acceptors (Lipinski definition) is 2. The molecule has 1 amide bonds. The molecule has 1 aliphatic heterocycles. The first-order valence-corrected chi connectivity index (χ1v) is 7.59. The number of aromatic nitrogens is 1. The monoisotopic (exact) mass is 302 g/mol. The molecule has 2 aromatic carbocycles. The molecule has 0 atom stereocenters. The zero-order valence-corrected chi connectivity index (χ0v) is 13.0. The fourth-order valence-corrected chi connectivity index (χ4v) is 2.57. The number of amides is 1. The first-order valence-electron chi connectivity index (χ1n) is 7.59. The number of pyridine rings is 1. The second-order valence-electron chi connectivity index (χ2n) is 5.29. The minimum atomic E-state index is 0.0943. The van der Waals surface area contributed by atoms with Gasteiger partial charge in [-0.3, -0.25) is 9.78 Å². The molecule has 0 radical (unpaired) electrons. The van der Waals surface area contributed by atoms with Crippen molar-refractivity contribution < 1.29 is 4.79 Å². The van der Waals surface area contributed by atoms with Gasteiger partial charge in [0.15, 0.2) is 0 Å². The van der Waals surface area contributed by atoms with E-state index in [1.54, 1.807) is 11.8 Å². The SMILES string of the molecule is CC(=O)N1CC=Cc2ccccc21.c1ccc2ncccc2c1. The molecule has 0 spiro atoms. The standard InChI is InChI=1S/C11H11NO.C9H7N/c1-9(13)12-8-4-6-10-5-2-3-7-11(10)12;1-2-6-9-8(4-1)5-3-7-10-9/h2-7H,8H2,1H3;1-7H. The summed E-state index contributed by atoms with van der Waals surface area (Å²) in [4.78, 5) is 17.2. The molecule has 3 heteroatoms. The largest absolute Gasteiger partial charge is 0.308 e. The molecule has 4 rings (SSSR count). The Morgan fingerprint density at radius 2 is 1.74 bits per heavy atom. The van der Waals surface area contributed by atoms with Crippen LogP contribution >= 0.6 is 0 Å². The Labute approximate surface area is 135 Å². The summed E-state index contributed by atoms with van der Waals surface area (Å²) < 4.78 is 0. The maximum atomic E-state index is 11.3. The van der Waals surface area contributed by atoms with E-state index in [1.807, 2.05) is 60.8 Å². The fourth-order valence-electron chi connectivity index (χ4n) is 2.57. The number of hydrogen-bond donors (Lipinski definition) is 0. The summed E-state index contributed by atoms with van der Waals surface area (Å²) in [5.74, 6) is 0.0943. The number of carbonyl (C=O) groups excluding carboxylic acids is 1. The Morgan fingerprint density at radius 3 is 2.57 bits per heavy atom. The second kappa shape index (κ2) is 6.88. The maximum Gasteiger partial charge on any atom is 0.224 e. The van der Waals surface area contributed by atoms with Gasteiger partial charge in [-0.25, -0.2) is 0 Å². The minimum absolute atomic E-state index is 0.0943. The van der Waals surface area contributed by atoms with Gasteiger partial charge in [0, 0.05) is 25.1 Å². The number of fused-ring (bicyclic) bond motifs is 2. The Kier molecular flexibility index (Phi) is 4.48. The van der Waals surface area contributed by atoms with E-state index < -0.39 is 0 Å². The van der Waals surface area contributed by atoms with Gasteiger partial charge in [-0.15, -0.1) is 0 Å². The quantitative estimate of drug-likeness (QED) is 0.620.